The zero-order valence-corrected chi connectivity index (χ0v) is 18.4. The van der Waals surface area contributed by atoms with Crippen molar-refractivity contribution in [3.05, 3.63) is 65.6 Å². The number of rotatable bonds is 4. The van der Waals surface area contributed by atoms with Gasteiger partial charge in [0.15, 0.2) is 0 Å². The number of hydrogen-bond acceptors (Lipinski definition) is 5. The molecule has 4 heterocycles. The molecule has 6 nitrogen and oxygen atoms in total. The summed E-state index contributed by atoms with van der Waals surface area (Å²) in [6, 6.07) is 13.5. The quantitative estimate of drug-likeness (QED) is 0.625. The van der Waals surface area contributed by atoms with Gasteiger partial charge in [0, 0.05) is 43.8 Å². The van der Waals surface area contributed by atoms with E-state index in [0.29, 0.717) is 5.92 Å². The number of nitrogens with zero attached hydrogens (tertiary/aromatic N) is 5. The third kappa shape index (κ3) is 3.65. The van der Waals surface area contributed by atoms with Crippen molar-refractivity contribution in [3.8, 4) is 11.3 Å². The molecule has 1 aromatic carbocycles. The normalized spacial score (nSPS) is 20.0. The first-order chi connectivity index (χ1) is 15.1. The molecule has 1 unspecified atom stereocenters. The van der Waals surface area contributed by atoms with Gasteiger partial charge in [-0.25, -0.2) is 4.68 Å². The zero-order chi connectivity index (χ0) is 21.4. The summed E-state index contributed by atoms with van der Waals surface area (Å²) in [7, 11) is 1.95. The topological polar surface area (TPSA) is 56.1 Å². The highest BCUT2D eigenvalue weighted by Gasteiger charge is 2.35. The fraction of sp³-hybridized carbons (Fsp3) is 0.400. The lowest BCUT2D eigenvalue weighted by atomic mass is 9.85. The van der Waals surface area contributed by atoms with E-state index in [2.05, 4.69) is 64.6 Å². The van der Waals surface area contributed by atoms with E-state index in [-0.39, 0.29) is 12.1 Å². The summed E-state index contributed by atoms with van der Waals surface area (Å²) < 4.78 is 7.53. The molecule has 0 spiro atoms. The number of pyridine rings is 1. The number of fused-ring (bicyclic) bond motifs is 1. The summed E-state index contributed by atoms with van der Waals surface area (Å²) in [6.07, 6.45) is 8.57. The van der Waals surface area contributed by atoms with Gasteiger partial charge in [0.1, 0.15) is 0 Å². The van der Waals surface area contributed by atoms with Crippen LogP contribution in [-0.2, 0) is 11.8 Å². The Morgan fingerprint density at radius 3 is 2.68 bits per heavy atom. The van der Waals surface area contributed by atoms with Crippen LogP contribution in [0.3, 0.4) is 0 Å². The maximum atomic E-state index is 5.68. The number of hydrogen-bond donors (Lipinski definition) is 0. The van der Waals surface area contributed by atoms with Crippen LogP contribution < -0.4 is 4.90 Å². The van der Waals surface area contributed by atoms with Crippen LogP contribution in [0.15, 0.2) is 48.7 Å². The molecule has 0 N–H and O–H groups in total. The van der Waals surface area contributed by atoms with Crippen molar-refractivity contribution >= 4 is 11.8 Å². The van der Waals surface area contributed by atoms with Crippen LogP contribution in [0.1, 0.15) is 42.8 Å². The highest BCUT2D eigenvalue weighted by molar-refractivity contribution is 5.78. The molecule has 2 aliphatic rings. The Balaban J connectivity index is 1.59. The monoisotopic (exact) mass is 415 g/mol. The Morgan fingerprint density at radius 2 is 1.97 bits per heavy atom. The molecule has 6 heteroatoms. The van der Waals surface area contributed by atoms with E-state index in [1.54, 1.807) is 0 Å². The van der Waals surface area contributed by atoms with E-state index in [1.807, 2.05) is 30.9 Å². The molecule has 160 valence electrons. The van der Waals surface area contributed by atoms with Gasteiger partial charge in [0.05, 0.1) is 23.1 Å². The van der Waals surface area contributed by atoms with E-state index in [1.165, 1.54) is 11.3 Å². The van der Waals surface area contributed by atoms with Crippen molar-refractivity contribution in [2.75, 3.05) is 18.1 Å². The van der Waals surface area contributed by atoms with E-state index in [4.69, 9.17) is 9.72 Å². The lowest BCUT2D eigenvalue weighted by Gasteiger charge is -2.44. The first-order valence-electron chi connectivity index (χ1n) is 11.1. The molecule has 0 amide bonds. The van der Waals surface area contributed by atoms with Crippen molar-refractivity contribution in [2.24, 2.45) is 13.0 Å². The first kappa shape index (κ1) is 19.9. The number of aromatic nitrogens is 4. The predicted molar refractivity (Wildman–Crippen MR) is 123 cm³/mol. The smallest absolute Gasteiger partial charge is 0.0911 e. The molecule has 1 fully saturated rings. The summed E-state index contributed by atoms with van der Waals surface area (Å²) in [5.41, 5.74) is 6.77. The zero-order valence-electron chi connectivity index (χ0n) is 18.4. The second-order valence-electron chi connectivity index (χ2n) is 8.58. The van der Waals surface area contributed by atoms with Gasteiger partial charge in [-0.2, -0.15) is 0 Å². The van der Waals surface area contributed by atoms with Crippen molar-refractivity contribution in [1.82, 2.24) is 20.0 Å². The molecule has 0 saturated carbocycles. The second-order valence-corrected chi connectivity index (χ2v) is 8.58. The van der Waals surface area contributed by atoms with Crippen molar-refractivity contribution in [1.29, 1.82) is 0 Å². The van der Waals surface area contributed by atoms with Gasteiger partial charge in [-0.1, -0.05) is 29.5 Å². The van der Waals surface area contributed by atoms with Crippen molar-refractivity contribution < 1.29 is 4.74 Å². The number of anilines is 1. The van der Waals surface area contributed by atoms with Crippen molar-refractivity contribution in [3.63, 3.8) is 0 Å². The minimum atomic E-state index is 0.217. The molecule has 2 aromatic heterocycles. The van der Waals surface area contributed by atoms with Gasteiger partial charge >= 0.3 is 0 Å². The van der Waals surface area contributed by atoms with Gasteiger partial charge < -0.3 is 9.64 Å². The minimum Gasteiger partial charge on any atom is -0.381 e. The van der Waals surface area contributed by atoms with Crippen LogP contribution in [0.2, 0.25) is 0 Å². The Morgan fingerprint density at radius 1 is 1.13 bits per heavy atom. The maximum Gasteiger partial charge on any atom is 0.0911 e. The molecule has 1 saturated heterocycles. The van der Waals surface area contributed by atoms with Crippen LogP contribution in [0.25, 0.3) is 17.3 Å². The minimum absolute atomic E-state index is 0.217. The average Bonchev–Trinajstić information content (AvgIpc) is 3.14. The van der Waals surface area contributed by atoms with Crippen LogP contribution in [0.5, 0.6) is 0 Å². The molecule has 31 heavy (non-hydrogen) atoms. The van der Waals surface area contributed by atoms with Gasteiger partial charge in [-0.05, 0) is 62.4 Å². The summed E-state index contributed by atoms with van der Waals surface area (Å²) in [5, 5.41) is 8.40. The van der Waals surface area contributed by atoms with Crippen LogP contribution >= 0.6 is 0 Å². The van der Waals surface area contributed by atoms with Gasteiger partial charge in [-0.3, -0.25) is 4.98 Å². The Hall–Kier alpha value is -2.99. The summed E-state index contributed by atoms with van der Waals surface area (Å²) in [5.74, 6) is 0.508. The fourth-order valence-electron chi connectivity index (χ4n) is 5.08. The summed E-state index contributed by atoms with van der Waals surface area (Å²) in [4.78, 5) is 7.35. The van der Waals surface area contributed by atoms with Gasteiger partial charge in [-0.15, -0.1) is 5.10 Å². The highest BCUT2D eigenvalue weighted by atomic mass is 16.5. The molecule has 2 atom stereocenters. The van der Waals surface area contributed by atoms with E-state index < -0.39 is 0 Å². The van der Waals surface area contributed by atoms with E-state index in [9.17, 15) is 0 Å². The highest BCUT2D eigenvalue weighted by Crippen LogP contribution is 2.43. The lowest BCUT2D eigenvalue weighted by Crippen LogP contribution is -2.42. The standard InChI is InChI=1S/C25H29N5O/c1-17-7-8-20-16-21(24-18(2)27-28-29(24)3)9-10-23(20)30(17)25(19-11-14-31-15-12-19)22-6-4-5-13-26-22/h4-10,13,16-17,19,25H,11-12,14-15H2,1-3H3/t17-,25?/m0/s1. The molecule has 0 aliphatic carbocycles. The van der Waals surface area contributed by atoms with E-state index >= 15 is 0 Å². The Labute approximate surface area is 183 Å². The third-order valence-corrected chi connectivity index (χ3v) is 6.57. The van der Waals surface area contributed by atoms with Crippen LogP contribution in [0.4, 0.5) is 5.69 Å². The molecule has 5 rings (SSSR count). The molecule has 0 bridgehead atoms. The molecule has 2 aliphatic heterocycles. The largest absolute Gasteiger partial charge is 0.381 e. The second kappa shape index (κ2) is 8.27. The molecule has 3 aromatic rings. The van der Waals surface area contributed by atoms with E-state index in [0.717, 1.165) is 48.7 Å². The molecule has 0 radical (unpaired) electrons. The summed E-state index contributed by atoms with van der Waals surface area (Å²) >= 11 is 0. The maximum absolute atomic E-state index is 5.68. The van der Waals surface area contributed by atoms with Crippen LogP contribution in [-0.4, -0.2) is 39.2 Å². The van der Waals surface area contributed by atoms with Crippen LogP contribution in [0, 0.1) is 12.8 Å². The van der Waals surface area contributed by atoms with Gasteiger partial charge in [0.2, 0.25) is 0 Å². The number of benzene rings is 1. The molecular weight excluding hydrogens is 386 g/mol. The number of aryl methyl sites for hydroxylation is 2. The average molecular weight is 416 g/mol. The molecular formula is C25H29N5O. The Kier molecular flexibility index (Phi) is 5.32. The Bertz CT molecular complexity index is 1070. The first-order valence-corrected chi connectivity index (χ1v) is 11.1. The fourth-order valence-corrected chi connectivity index (χ4v) is 5.08. The number of ether oxygens (including phenoxy) is 1. The predicted octanol–water partition coefficient (Wildman–Crippen LogP) is 4.58. The SMILES string of the molecule is Cc1nnn(C)c1-c1ccc2c(c1)C=C[C@H](C)N2C(c1ccccn1)C1CCOCC1. The van der Waals surface area contributed by atoms with Crippen molar-refractivity contribution in [2.45, 2.75) is 38.8 Å². The third-order valence-electron chi connectivity index (χ3n) is 6.57. The lowest BCUT2D eigenvalue weighted by molar-refractivity contribution is 0.0563. The van der Waals surface area contributed by atoms with Gasteiger partial charge in [0.25, 0.3) is 0 Å². The summed E-state index contributed by atoms with van der Waals surface area (Å²) in [6.45, 7) is 5.93.